The van der Waals surface area contributed by atoms with E-state index in [4.69, 9.17) is 0 Å². The Hall–Kier alpha value is -1.49. The lowest BCUT2D eigenvalue weighted by Crippen LogP contribution is -2.26. The smallest absolute Gasteiger partial charge is 0.267 e. The summed E-state index contributed by atoms with van der Waals surface area (Å²) in [7, 11) is 0. The van der Waals surface area contributed by atoms with Gasteiger partial charge in [-0.15, -0.1) is 0 Å². The zero-order valence-corrected chi connectivity index (χ0v) is 11.1. The van der Waals surface area contributed by atoms with E-state index in [1.165, 1.54) is 6.21 Å². The SMILES string of the molecule is CC(C)(Br)/C=N/N1C(=O)c2ccccc2C1=O. The maximum absolute atomic E-state index is 11.9. The number of hydrogen-bond acceptors (Lipinski definition) is 3. The minimum Gasteiger partial charge on any atom is -0.267 e. The Morgan fingerprint density at radius 2 is 1.65 bits per heavy atom. The molecule has 0 saturated heterocycles. The maximum Gasteiger partial charge on any atom is 0.282 e. The summed E-state index contributed by atoms with van der Waals surface area (Å²) in [5.74, 6) is -0.753. The molecule has 1 aliphatic rings. The molecule has 0 aromatic heterocycles. The summed E-state index contributed by atoms with van der Waals surface area (Å²) in [5, 5.41) is 4.83. The zero-order valence-electron chi connectivity index (χ0n) is 9.48. The predicted octanol–water partition coefficient (Wildman–Crippen LogP) is 2.44. The molecule has 0 saturated carbocycles. The van der Waals surface area contributed by atoms with Crippen LogP contribution in [0.2, 0.25) is 0 Å². The fourth-order valence-corrected chi connectivity index (χ4v) is 1.57. The van der Waals surface area contributed by atoms with Crippen molar-refractivity contribution in [1.82, 2.24) is 5.01 Å². The molecule has 0 radical (unpaired) electrons. The average molecular weight is 295 g/mol. The summed E-state index contributed by atoms with van der Waals surface area (Å²) in [6, 6.07) is 6.71. The predicted molar refractivity (Wildman–Crippen MR) is 68.4 cm³/mol. The summed E-state index contributed by atoms with van der Waals surface area (Å²) in [5.41, 5.74) is 0.809. The van der Waals surface area contributed by atoms with Crippen molar-refractivity contribution in [3.05, 3.63) is 35.4 Å². The molecule has 5 heteroatoms. The van der Waals surface area contributed by atoms with Gasteiger partial charge in [-0.25, -0.2) is 0 Å². The zero-order chi connectivity index (χ0) is 12.6. The van der Waals surface area contributed by atoms with Gasteiger partial charge >= 0.3 is 0 Å². The van der Waals surface area contributed by atoms with Crippen molar-refractivity contribution in [1.29, 1.82) is 0 Å². The van der Waals surface area contributed by atoms with Gasteiger partial charge in [0.2, 0.25) is 0 Å². The van der Waals surface area contributed by atoms with E-state index in [1.807, 2.05) is 13.8 Å². The first kappa shape index (κ1) is 12.0. The number of imide groups is 1. The van der Waals surface area contributed by atoms with Gasteiger partial charge in [0.15, 0.2) is 0 Å². The van der Waals surface area contributed by atoms with Gasteiger partial charge in [-0.1, -0.05) is 28.1 Å². The molecule has 0 bridgehead atoms. The van der Waals surface area contributed by atoms with E-state index in [-0.39, 0.29) is 16.1 Å². The summed E-state index contributed by atoms with van der Waals surface area (Å²) in [6.07, 6.45) is 1.52. The summed E-state index contributed by atoms with van der Waals surface area (Å²) < 4.78 is -0.359. The second-order valence-corrected chi connectivity index (χ2v) is 6.32. The molecule has 88 valence electrons. The topological polar surface area (TPSA) is 49.7 Å². The van der Waals surface area contributed by atoms with Gasteiger partial charge in [0.05, 0.1) is 15.5 Å². The van der Waals surface area contributed by atoms with E-state index in [9.17, 15) is 9.59 Å². The third-order valence-electron chi connectivity index (χ3n) is 2.25. The number of hydrazone groups is 1. The number of benzene rings is 1. The highest BCUT2D eigenvalue weighted by Gasteiger charge is 2.35. The lowest BCUT2D eigenvalue weighted by molar-refractivity contribution is 0.0659. The minimum atomic E-state index is -0.376. The van der Waals surface area contributed by atoms with Crippen LogP contribution in [0.5, 0.6) is 0 Å². The number of rotatable bonds is 2. The van der Waals surface area contributed by atoms with Crippen molar-refractivity contribution in [2.24, 2.45) is 5.10 Å². The van der Waals surface area contributed by atoms with Crippen LogP contribution in [0.15, 0.2) is 29.4 Å². The quantitative estimate of drug-likeness (QED) is 0.478. The van der Waals surface area contributed by atoms with E-state index >= 15 is 0 Å². The molecule has 2 amide bonds. The van der Waals surface area contributed by atoms with Crippen molar-refractivity contribution < 1.29 is 9.59 Å². The molecule has 1 aromatic carbocycles. The first-order valence-electron chi connectivity index (χ1n) is 5.12. The Labute approximate surface area is 107 Å². The molecule has 0 fully saturated rings. The second kappa shape index (κ2) is 4.07. The molecule has 2 rings (SSSR count). The van der Waals surface area contributed by atoms with Crippen LogP contribution in [-0.2, 0) is 0 Å². The van der Waals surface area contributed by atoms with Crippen LogP contribution in [0.3, 0.4) is 0 Å². The van der Waals surface area contributed by atoms with Crippen LogP contribution >= 0.6 is 15.9 Å². The molecule has 4 nitrogen and oxygen atoms in total. The van der Waals surface area contributed by atoms with Crippen LogP contribution < -0.4 is 0 Å². The fourth-order valence-electron chi connectivity index (χ4n) is 1.48. The third-order valence-corrected chi connectivity index (χ3v) is 2.46. The third kappa shape index (κ3) is 2.29. The van der Waals surface area contributed by atoms with E-state index in [0.717, 1.165) is 5.01 Å². The number of nitrogens with zero attached hydrogens (tertiary/aromatic N) is 2. The monoisotopic (exact) mass is 294 g/mol. The van der Waals surface area contributed by atoms with Crippen LogP contribution in [0.1, 0.15) is 34.6 Å². The molecular weight excluding hydrogens is 284 g/mol. The van der Waals surface area contributed by atoms with Crippen molar-refractivity contribution in [3.8, 4) is 0 Å². The Kier molecular flexibility index (Phi) is 2.87. The van der Waals surface area contributed by atoms with E-state index in [0.29, 0.717) is 11.1 Å². The van der Waals surface area contributed by atoms with Crippen molar-refractivity contribution in [2.45, 2.75) is 18.2 Å². The highest BCUT2D eigenvalue weighted by atomic mass is 79.9. The van der Waals surface area contributed by atoms with Crippen LogP contribution in [0, 0.1) is 0 Å². The van der Waals surface area contributed by atoms with E-state index in [2.05, 4.69) is 21.0 Å². The Bertz CT molecular complexity index is 482. The average Bonchev–Trinajstić information content (AvgIpc) is 2.49. The molecule has 1 aliphatic heterocycles. The van der Waals surface area contributed by atoms with Gasteiger partial charge in [-0.05, 0) is 26.0 Å². The molecule has 17 heavy (non-hydrogen) atoms. The number of halogens is 1. The summed E-state index contributed by atoms with van der Waals surface area (Å²) in [4.78, 5) is 23.8. The molecule has 1 heterocycles. The lowest BCUT2D eigenvalue weighted by Gasteiger charge is -2.11. The highest BCUT2D eigenvalue weighted by Crippen LogP contribution is 2.23. The molecule has 0 aliphatic carbocycles. The van der Waals surface area contributed by atoms with E-state index in [1.54, 1.807) is 24.3 Å². The number of fused-ring (bicyclic) bond motifs is 1. The van der Waals surface area contributed by atoms with Crippen LogP contribution in [0.25, 0.3) is 0 Å². The van der Waals surface area contributed by atoms with Crippen LogP contribution in [-0.4, -0.2) is 27.4 Å². The molecule has 0 spiro atoms. The molecule has 0 atom stereocenters. The Morgan fingerprint density at radius 3 is 2.06 bits per heavy atom. The molecular formula is C12H11BrN2O2. The highest BCUT2D eigenvalue weighted by molar-refractivity contribution is 9.10. The maximum atomic E-state index is 11.9. The number of alkyl halides is 1. The van der Waals surface area contributed by atoms with Crippen LogP contribution in [0.4, 0.5) is 0 Å². The largest absolute Gasteiger partial charge is 0.282 e. The minimum absolute atomic E-state index is 0.359. The van der Waals surface area contributed by atoms with Gasteiger partial charge < -0.3 is 0 Å². The molecule has 0 unspecified atom stereocenters. The number of carbonyl (C=O) groups excluding carboxylic acids is 2. The van der Waals surface area contributed by atoms with E-state index < -0.39 is 0 Å². The van der Waals surface area contributed by atoms with Gasteiger partial charge in [-0.3, -0.25) is 9.59 Å². The van der Waals surface area contributed by atoms with Gasteiger partial charge in [-0.2, -0.15) is 10.1 Å². The van der Waals surface area contributed by atoms with Crippen molar-refractivity contribution in [3.63, 3.8) is 0 Å². The molecule has 1 aromatic rings. The summed E-state index contributed by atoms with van der Waals surface area (Å²) >= 11 is 3.36. The normalized spacial score (nSPS) is 15.8. The molecule has 0 N–H and O–H groups in total. The fraction of sp³-hybridized carbons (Fsp3) is 0.250. The lowest BCUT2D eigenvalue weighted by atomic mass is 10.1. The van der Waals surface area contributed by atoms with Crippen molar-refractivity contribution in [2.75, 3.05) is 0 Å². The second-order valence-electron chi connectivity index (χ2n) is 4.28. The van der Waals surface area contributed by atoms with Gasteiger partial charge in [0.1, 0.15) is 0 Å². The standard InChI is InChI=1S/C12H11BrN2O2/c1-12(2,13)7-14-15-10(16)8-5-3-4-6-9(8)11(15)17/h3-7H,1-2H3/b14-7+. The summed E-state index contributed by atoms with van der Waals surface area (Å²) in [6.45, 7) is 3.74. The number of amides is 2. The first-order valence-corrected chi connectivity index (χ1v) is 5.91. The van der Waals surface area contributed by atoms with Gasteiger partial charge in [0, 0.05) is 6.21 Å². The Balaban J connectivity index is 2.34. The number of hydrogen-bond donors (Lipinski definition) is 0. The van der Waals surface area contributed by atoms with Gasteiger partial charge in [0.25, 0.3) is 11.8 Å². The van der Waals surface area contributed by atoms with Crippen molar-refractivity contribution >= 4 is 34.0 Å². The number of carbonyl (C=O) groups is 2. The first-order chi connectivity index (χ1) is 7.90. The Morgan fingerprint density at radius 1 is 1.18 bits per heavy atom.